The zero-order chi connectivity index (χ0) is 23.1. The average molecular weight is 463 g/mol. The molecule has 0 radical (unpaired) electrons. The number of nitrogens with zero attached hydrogens (tertiary/aromatic N) is 1. The summed E-state index contributed by atoms with van der Waals surface area (Å²) in [7, 11) is 2.04. The monoisotopic (exact) mass is 462 g/mol. The Kier molecular flexibility index (Phi) is 7.93. The summed E-state index contributed by atoms with van der Waals surface area (Å²) in [5.41, 5.74) is 0.991. The minimum Gasteiger partial charge on any atom is -0.489 e. The molecule has 1 aromatic heterocycles. The second kappa shape index (κ2) is 10.7. The third-order valence-corrected chi connectivity index (χ3v) is 5.48. The van der Waals surface area contributed by atoms with E-state index in [1.54, 1.807) is 18.3 Å². The Labute approximate surface area is 189 Å². The highest BCUT2D eigenvalue weighted by Crippen LogP contribution is 2.31. The maximum atomic E-state index is 13.1. The van der Waals surface area contributed by atoms with Crippen molar-refractivity contribution >= 4 is 17.2 Å². The van der Waals surface area contributed by atoms with Gasteiger partial charge in [-0.15, -0.1) is 0 Å². The van der Waals surface area contributed by atoms with Crippen molar-refractivity contribution in [1.29, 1.82) is 0 Å². The van der Waals surface area contributed by atoms with Gasteiger partial charge in [-0.25, -0.2) is 0 Å². The van der Waals surface area contributed by atoms with Crippen LogP contribution in [0.3, 0.4) is 0 Å². The molecule has 0 unspecified atom stereocenters. The lowest BCUT2D eigenvalue weighted by Crippen LogP contribution is -2.34. The van der Waals surface area contributed by atoms with Gasteiger partial charge in [-0.3, -0.25) is 9.69 Å². The summed E-state index contributed by atoms with van der Waals surface area (Å²) < 4.78 is 45.2. The predicted molar refractivity (Wildman–Crippen MR) is 120 cm³/mol. The van der Waals surface area contributed by atoms with Gasteiger partial charge in [0.05, 0.1) is 17.7 Å². The van der Waals surface area contributed by atoms with Gasteiger partial charge in [0, 0.05) is 13.1 Å². The van der Waals surface area contributed by atoms with Gasteiger partial charge in [-0.05, 0) is 66.2 Å². The zero-order valence-corrected chi connectivity index (χ0v) is 18.7. The van der Waals surface area contributed by atoms with Gasteiger partial charge in [0.15, 0.2) is 0 Å². The van der Waals surface area contributed by atoms with E-state index >= 15 is 0 Å². The second-order valence-electron chi connectivity index (χ2n) is 7.63. The minimum absolute atomic E-state index is 0.0767. The molecule has 3 rings (SSSR count). The first-order valence-electron chi connectivity index (χ1n) is 10.1. The molecule has 0 spiro atoms. The van der Waals surface area contributed by atoms with E-state index in [1.807, 2.05) is 31.3 Å². The van der Waals surface area contributed by atoms with Crippen LogP contribution in [0.1, 0.15) is 34.0 Å². The van der Waals surface area contributed by atoms with Crippen molar-refractivity contribution < 1.29 is 22.7 Å². The molecular formula is C24H25F3N2O2S. The molecule has 1 heterocycles. The molecule has 0 aliphatic heterocycles. The van der Waals surface area contributed by atoms with Crippen molar-refractivity contribution in [2.45, 2.75) is 32.3 Å². The van der Waals surface area contributed by atoms with Crippen molar-refractivity contribution in [2.24, 2.45) is 0 Å². The molecule has 170 valence electrons. The molecule has 0 bridgehead atoms. The Morgan fingerprint density at radius 2 is 1.84 bits per heavy atom. The van der Waals surface area contributed by atoms with Crippen molar-refractivity contribution in [3.63, 3.8) is 0 Å². The van der Waals surface area contributed by atoms with Gasteiger partial charge >= 0.3 is 6.18 Å². The second-order valence-corrected chi connectivity index (χ2v) is 8.41. The molecule has 0 aliphatic rings. The average Bonchev–Trinajstić information content (AvgIpc) is 3.24. The topological polar surface area (TPSA) is 41.6 Å². The van der Waals surface area contributed by atoms with E-state index in [1.165, 1.54) is 23.8 Å². The quantitative estimate of drug-likeness (QED) is 0.450. The summed E-state index contributed by atoms with van der Waals surface area (Å²) in [4.78, 5) is 14.5. The number of halogens is 3. The number of alkyl halides is 3. The van der Waals surface area contributed by atoms with E-state index in [9.17, 15) is 18.0 Å². The summed E-state index contributed by atoms with van der Waals surface area (Å²) in [6.45, 7) is 3.42. The van der Waals surface area contributed by atoms with Gasteiger partial charge in [0.2, 0.25) is 0 Å². The molecule has 0 saturated heterocycles. The highest BCUT2D eigenvalue weighted by molar-refractivity contribution is 7.07. The molecule has 8 heteroatoms. The fourth-order valence-electron chi connectivity index (χ4n) is 3.31. The zero-order valence-electron chi connectivity index (χ0n) is 17.9. The summed E-state index contributed by atoms with van der Waals surface area (Å²) in [6.07, 6.45) is -5.01. The number of thiophene rings is 1. The standard InChI is InChI=1S/C24H25F3N2O2S/c1-17(13-28-23(30)21-8-3-4-9-22(21)24(25,26)27)31-20-7-5-6-18(12-20)14-29(2)15-19-10-11-32-16-19/h3-12,16-17H,13-15H2,1-2H3,(H,28,30)/t17-/m0/s1. The lowest BCUT2D eigenvalue weighted by atomic mass is 10.1. The first-order valence-corrected chi connectivity index (χ1v) is 11.1. The SMILES string of the molecule is C[C@@H](CNC(=O)c1ccccc1C(F)(F)F)Oc1cccc(CN(C)Cc2ccsc2)c1. The van der Waals surface area contributed by atoms with Crippen LogP contribution in [0.4, 0.5) is 13.2 Å². The number of amides is 1. The Morgan fingerprint density at radius 1 is 1.09 bits per heavy atom. The van der Waals surface area contributed by atoms with Crippen LogP contribution in [-0.4, -0.2) is 30.5 Å². The molecule has 0 aliphatic carbocycles. The Balaban J connectivity index is 1.54. The maximum absolute atomic E-state index is 13.1. The normalized spacial score (nSPS) is 12.6. The largest absolute Gasteiger partial charge is 0.489 e. The Hall–Kier alpha value is -2.84. The molecule has 2 aromatic carbocycles. The van der Waals surface area contributed by atoms with Crippen LogP contribution >= 0.6 is 11.3 Å². The number of carbonyl (C=O) groups excluding carboxylic acids is 1. The Morgan fingerprint density at radius 3 is 2.56 bits per heavy atom. The van der Waals surface area contributed by atoms with Crippen LogP contribution in [-0.2, 0) is 19.3 Å². The maximum Gasteiger partial charge on any atom is 0.417 e. The number of nitrogens with one attached hydrogen (secondary N) is 1. The molecule has 0 saturated carbocycles. The molecule has 3 aromatic rings. The number of benzene rings is 2. The molecule has 1 amide bonds. The molecule has 4 nitrogen and oxygen atoms in total. The first kappa shape index (κ1) is 23.8. The van der Waals surface area contributed by atoms with Crippen molar-refractivity contribution in [3.8, 4) is 5.75 Å². The van der Waals surface area contributed by atoms with Crippen LogP contribution in [0, 0.1) is 0 Å². The van der Waals surface area contributed by atoms with Crippen molar-refractivity contribution in [3.05, 3.63) is 87.6 Å². The van der Waals surface area contributed by atoms with E-state index in [0.29, 0.717) is 5.75 Å². The van der Waals surface area contributed by atoms with Crippen LogP contribution in [0.2, 0.25) is 0 Å². The predicted octanol–water partition coefficient (Wildman–Crippen LogP) is 5.60. The van der Waals surface area contributed by atoms with E-state index in [2.05, 4.69) is 27.0 Å². The fourth-order valence-corrected chi connectivity index (χ4v) is 3.97. The summed E-state index contributed by atoms with van der Waals surface area (Å²) in [6, 6.07) is 14.5. The third kappa shape index (κ3) is 6.83. The third-order valence-electron chi connectivity index (χ3n) is 4.75. The highest BCUT2D eigenvalue weighted by atomic mass is 32.1. The smallest absolute Gasteiger partial charge is 0.417 e. The summed E-state index contributed by atoms with van der Waals surface area (Å²) in [5, 5.41) is 6.71. The molecule has 1 atom stereocenters. The first-order chi connectivity index (χ1) is 15.2. The van der Waals surface area contributed by atoms with Gasteiger partial charge in [0.1, 0.15) is 11.9 Å². The number of hydrogen-bond acceptors (Lipinski definition) is 4. The van der Waals surface area contributed by atoms with Crippen molar-refractivity contribution in [2.75, 3.05) is 13.6 Å². The minimum atomic E-state index is -4.59. The van der Waals surface area contributed by atoms with Gasteiger partial charge in [-0.1, -0.05) is 24.3 Å². The number of hydrogen-bond donors (Lipinski definition) is 1. The van der Waals surface area contributed by atoms with Crippen LogP contribution < -0.4 is 10.1 Å². The van der Waals surface area contributed by atoms with E-state index in [0.717, 1.165) is 24.7 Å². The molecule has 1 N–H and O–H groups in total. The van der Waals surface area contributed by atoms with E-state index < -0.39 is 29.3 Å². The Bertz CT molecular complexity index is 1020. The number of carbonyl (C=O) groups is 1. The fraction of sp³-hybridized carbons (Fsp3) is 0.292. The lowest BCUT2D eigenvalue weighted by Gasteiger charge is -2.19. The molecule has 32 heavy (non-hydrogen) atoms. The van der Waals surface area contributed by atoms with Gasteiger partial charge in [0.25, 0.3) is 5.91 Å². The molecule has 0 fully saturated rings. The number of ether oxygens (including phenoxy) is 1. The van der Waals surface area contributed by atoms with E-state index in [4.69, 9.17) is 4.74 Å². The summed E-state index contributed by atoms with van der Waals surface area (Å²) >= 11 is 1.67. The lowest BCUT2D eigenvalue weighted by molar-refractivity contribution is -0.137. The van der Waals surface area contributed by atoms with E-state index in [-0.39, 0.29) is 6.54 Å². The van der Waals surface area contributed by atoms with Crippen LogP contribution in [0.25, 0.3) is 0 Å². The van der Waals surface area contributed by atoms with Gasteiger partial charge in [-0.2, -0.15) is 24.5 Å². The van der Waals surface area contributed by atoms with Gasteiger partial charge < -0.3 is 10.1 Å². The highest BCUT2D eigenvalue weighted by Gasteiger charge is 2.34. The van der Waals surface area contributed by atoms with Crippen LogP contribution in [0.15, 0.2) is 65.4 Å². The van der Waals surface area contributed by atoms with Crippen LogP contribution in [0.5, 0.6) is 5.75 Å². The summed E-state index contributed by atoms with van der Waals surface area (Å²) in [5.74, 6) is -0.138. The van der Waals surface area contributed by atoms with Crippen molar-refractivity contribution in [1.82, 2.24) is 10.2 Å². The molecular weight excluding hydrogens is 437 g/mol. The number of rotatable bonds is 9.